The first-order valence-corrected chi connectivity index (χ1v) is 6.23. The number of benzene rings is 1. The Morgan fingerprint density at radius 3 is 2.67 bits per heavy atom. The van der Waals surface area contributed by atoms with Crippen molar-refractivity contribution in [3.05, 3.63) is 29.3 Å². The molecule has 1 unspecified atom stereocenters. The summed E-state index contributed by atoms with van der Waals surface area (Å²) in [4.78, 5) is 11.8. The van der Waals surface area contributed by atoms with Crippen LogP contribution in [0.4, 0.5) is 0 Å². The first-order chi connectivity index (χ1) is 8.40. The molecule has 0 aliphatic rings. The fourth-order valence-corrected chi connectivity index (χ4v) is 1.77. The van der Waals surface area contributed by atoms with Crippen molar-refractivity contribution in [2.24, 2.45) is 11.7 Å². The average molecular weight is 250 g/mol. The second kappa shape index (κ2) is 6.40. The predicted octanol–water partition coefficient (Wildman–Crippen LogP) is 1.80. The molecule has 1 rings (SSSR count). The largest absolute Gasteiger partial charge is 0.508 e. The van der Waals surface area contributed by atoms with Gasteiger partial charge in [0.1, 0.15) is 5.75 Å². The Balaban J connectivity index is 2.52. The van der Waals surface area contributed by atoms with Crippen LogP contribution in [-0.4, -0.2) is 23.6 Å². The molecule has 0 spiro atoms. The van der Waals surface area contributed by atoms with Gasteiger partial charge in [0.25, 0.3) is 5.91 Å². The Bertz CT molecular complexity index is 416. The number of rotatable bonds is 5. The van der Waals surface area contributed by atoms with Gasteiger partial charge in [-0.05, 0) is 37.0 Å². The maximum absolute atomic E-state index is 11.8. The van der Waals surface area contributed by atoms with Crippen LogP contribution in [0.25, 0.3) is 0 Å². The Hall–Kier alpha value is -1.55. The van der Waals surface area contributed by atoms with Crippen molar-refractivity contribution in [3.8, 4) is 5.75 Å². The predicted molar refractivity (Wildman–Crippen MR) is 72.6 cm³/mol. The molecular formula is C14H22N2O2. The molecule has 4 heteroatoms. The average Bonchev–Trinajstić information content (AvgIpc) is 2.28. The van der Waals surface area contributed by atoms with Crippen LogP contribution < -0.4 is 11.1 Å². The summed E-state index contributed by atoms with van der Waals surface area (Å²) >= 11 is 0. The second-order valence-corrected chi connectivity index (χ2v) is 5.10. The third kappa shape index (κ3) is 4.37. The monoisotopic (exact) mass is 250 g/mol. The summed E-state index contributed by atoms with van der Waals surface area (Å²) in [6.45, 7) is 6.43. The van der Waals surface area contributed by atoms with E-state index in [0.29, 0.717) is 18.0 Å². The molecule has 1 aromatic carbocycles. The Morgan fingerprint density at radius 1 is 1.44 bits per heavy atom. The lowest BCUT2D eigenvalue weighted by molar-refractivity contribution is 0.0949. The van der Waals surface area contributed by atoms with E-state index in [1.807, 2.05) is 0 Å². The lowest BCUT2D eigenvalue weighted by Crippen LogP contribution is -2.38. The molecule has 0 aromatic heterocycles. The highest BCUT2D eigenvalue weighted by molar-refractivity contribution is 5.94. The zero-order chi connectivity index (χ0) is 13.7. The summed E-state index contributed by atoms with van der Waals surface area (Å²) < 4.78 is 0. The van der Waals surface area contributed by atoms with Gasteiger partial charge >= 0.3 is 0 Å². The van der Waals surface area contributed by atoms with E-state index in [4.69, 9.17) is 5.73 Å². The summed E-state index contributed by atoms with van der Waals surface area (Å²) in [5.41, 5.74) is 7.10. The molecule has 0 fully saturated rings. The van der Waals surface area contributed by atoms with Crippen molar-refractivity contribution in [1.29, 1.82) is 0 Å². The van der Waals surface area contributed by atoms with Gasteiger partial charge < -0.3 is 16.2 Å². The molecule has 0 bridgehead atoms. The lowest BCUT2D eigenvalue weighted by Gasteiger charge is -2.15. The van der Waals surface area contributed by atoms with Gasteiger partial charge in [0.2, 0.25) is 0 Å². The smallest absolute Gasteiger partial charge is 0.251 e. The minimum Gasteiger partial charge on any atom is -0.508 e. The van der Waals surface area contributed by atoms with Crippen LogP contribution in [0.5, 0.6) is 5.75 Å². The number of carbonyl (C=O) groups is 1. The van der Waals surface area contributed by atoms with Crippen LogP contribution in [0.2, 0.25) is 0 Å². The van der Waals surface area contributed by atoms with Crippen LogP contribution in [0.1, 0.15) is 36.2 Å². The zero-order valence-electron chi connectivity index (χ0n) is 11.2. The normalized spacial score (nSPS) is 12.5. The molecule has 0 aliphatic heterocycles. The molecule has 18 heavy (non-hydrogen) atoms. The van der Waals surface area contributed by atoms with E-state index in [1.54, 1.807) is 19.1 Å². The number of nitrogens with one attached hydrogen (secondary N) is 1. The number of phenolic OH excluding ortho intramolecular Hbond substituents is 1. The van der Waals surface area contributed by atoms with Gasteiger partial charge in [-0.1, -0.05) is 19.9 Å². The number of carbonyl (C=O) groups excluding carboxylic acids is 1. The van der Waals surface area contributed by atoms with E-state index in [9.17, 15) is 9.90 Å². The van der Waals surface area contributed by atoms with E-state index >= 15 is 0 Å². The maximum Gasteiger partial charge on any atom is 0.251 e. The van der Waals surface area contributed by atoms with E-state index in [-0.39, 0.29) is 17.7 Å². The molecule has 1 aromatic rings. The van der Waals surface area contributed by atoms with Crippen molar-refractivity contribution in [3.63, 3.8) is 0 Å². The van der Waals surface area contributed by atoms with Gasteiger partial charge in [-0.3, -0.25) is 4.79 Å². The van der Waals surface area contributed by atoms with Gasteiger partial charge in [-0.2, -0.15) is 0 Å². The fraction of sp³-hybridized carbons (Fsp3) is 0.500. The van der Waals surface area contributed by atoms with Crippen molar-refractivity contribution >= 4 is 5.91 Å². The fourth-order valence-electron chi connectivity index (χ4n) is 1.77. The topological polar surface area (TPSA) is 75.4 Å². The van der Waals surface area contributed by atoms with Crippen molar-refractivity contribution in [1.82, 2.24) is 5.32 Å². The highest BCUT2D eigenvalue weighted by Gasteiger charge is 2.10. The second-order valence-electron chi connectivity index (χ2n) is 5.10. The Morgan fingerprint density at radius 2 is 2.11 bits per heavy atom. The molecule has 0 saturated heterocycles. The Kier molecular flexibility index (Phi) is 5.16. The quantitative estimate of drug-likeness (QED) is 0.746. The molecule has 1 atom stereocenters. The van der Waals surface area contributed by atoms with Crippen molar-refractivity contribution in [2.75, 3.05) is 6.54 Å². The SMILES string of the molecule is Cc1ccc(C(=O)NCC(N)CC(C)C)cc1O. The maximum atomic E-state index is 11.8. The number of hydrogen-bond acceptors (Lipinski definition) is 3. The molecule has 4 nitrogen and oxygen atoms in total. The summed E-state index contributed by atoms with van der Waals surface area (Å²) in [7, 11) is 0. The molecule has 0 saturated carbocycles. The summed E-state index contributed by atoms with van der Waals surface area (Å²) in [5, 5.41) is 12.3. The van der Waals surface area contributed by atoms with E-state index in [1.165, 1.54) is 6.07 Å². The molecule has 0 aliphatic carbocycles. The first kappa shape index (κ1) is 14.5. The van der Waals surface area contributed by atoms with Crippen LogP contribution >= 0.6 is 0 Å². The number of aryl methyl sites for hydroxylation is 1. The van der Waals surface area contributed by atoms with E-state index in [0.717, 1.165) is 12.0 Å². The van der Waals surface area contributed by atoms with Crippen LogP contribution in [0.15, 0.2) is 18.2 Å². The van der Waals surface area contributed by atoms with E-state index < -0.39 is 0 Å². The molecule has 100 valence electrons. The molecule has 0 heterocycles. The molecule has 1 amide bonds. The van der Waals surface area contributed by atoms with Crippen LogP contribution in [0.3, 0.4) is 0 Å². The highest BCUT2D eigenvalue weighted by atomic mass is 16.3. The van der Waals surface area contributed by atoms with Crippen molar-refractivity contribution in [2.45, 2.75) is 33.2 Å². The lowest BCUT2D eigenvalue weighted by atomic mass is 10.0. The molecule has 4 N–H and O–H groups in total. The van der Waals surface area contributed by atoms with Crippen LogP contribution in [-0.2, 0) is 0 Å². The van der Waals surface area contributed by atoms with Gasteiger partial charge in [0.15, 0.2) is 0 Å². The number of hydrogen-bond donors (Lipinski definition) is 3. The summed E-state index contributed by atoms with van der Waals surface area (Å²) in [6.07, 6.45) is 0.874. The summed E-state index contributed by atoms with van der Waals surface area (Å²) in [6, 6.07) is 4.85. The zero-order valence-corrected chi connectivity index (χ0v) is 11.2. The number of amides is 1. The van der Waals surface area contributed by atoms with Crippen LogP contribution in [0, 0.1) is 12.8 Å². The van der Waals surface area contributed by atoms with Gasteiger partial charge in [-0.15, -0.1) is 0 Å². The summed E-state index contributed by atoms with van der Waals surface area (Å²) in [5.74, 6) is 0.443. The van der Waals surface area contributed by atoms with Crippen molar-refractivity contribution < 1.29 is 9.90 Å². The molecular weight excluding hydrogens is 228 g/mol. The molecule has 0 radical (unpaired) electrons. The minimum atomic E-state index is -0.204. The number of phenols is 1. The van der Waals surface area contributed by atoms with E-state index in [2.05, 4.69) is 19.2 Å². The Labute approximate surface area is 108 Å². The standard InChI is InChI=1S/C14H22N2O2/c1-9(2)6-12(15)8-16-14(18)11-5-4-10(3)13(17)7-11/h4-5,7,9,12,17H,6,8,15H2,1-3H3,(H,16,18). The highest BCUT2D eigenvalue weighted by Crippen LogP contribution is 2.17. The number of aromatic hydroxyl groups is 1. The minimum absolute atomic E-state index is 0.0343. The van der Waals surface area contributed by atoms with Gasteiger partial charge in [0, 0.05) is 18.2 Å². The third-order valence-corrected chi connectivity index (χ3v) is 2.77. The third-order valence-electron chi connectivity index (χ3n) is 2.77. The first-order valence-electron chi connectivity index (χ1n) is 6.23. The van der Waals surface area contributed by atoms with Gasteiger partial charge in [-0.25, -0.2) is 0 Å². The van der Waals surface area contributed by atoms with Gasteiger partial charge in [0.05, 0.1) is 0 Å². The number of nitrogens with two attached hydrogens (primary N) is 1.